The van der Waals surface area contributed by atoms with Crippen LogP contribution in [0.15, 0.2) is 0 Å². The number of rotatable bonds is 1. The summed E-state index contributed by atoms with van der Waals surface area (Å²) in [6.45, 7) is 0. The molecule has 0 radical (unpaired) electrons. The minimum atomic E-state index is -0.651. The van der Waals surface area contributed by atoms with Gasteiger partial charge in [-0.15, -0.1) is 0 Å². The van der Waals surface area contributed by atoms with Gasteiger partial charge in [-0.1, -0.05) is 28.8 Å². The van der Waals surface area contributed by atoms with Crippen molar-refractivity contribution < 1.29 is 9.90 Å². The molecule has 4 heteroatoms. The first-order valence-corrected chi connectivity index (χ1v) is 4.50. The van der Waals surface area contributed by atoms with Gasteiger partial charge in [0.15, 0.2) is 17.4 Å². The van der Waals surface area contributed by atoms with Gasteiger partial charge in [-0.05, 0) is 12.8 Å². The SMILES string of the molecule is O=C(O)C1CCCCC1Br.[AlH3]. The van der Waals surface area contributed by atoms with Crippen LogP contribution in [0, 0.1) is 5.92 Å². The van der Waals surface area contributed by atoms with Gasteiger partial charge in [0.2, 0.25) is 0 Å². The molecule has 1 N–H and O–H groups in total. The minimum Gasteiger partial charge on any atom is -0.481 e. The molecule has 0 saturated heterocycles. The average molecular weight is 237 g/mol. The van der Waals surface area contributed by atoms with E-state index >= 15 is 0 Å². The van der Waals surface area contributed by atoms with E-state index in [4.69, 9.17) is 5.11 Å². The maximum absolute atomic E-state index is 10.5. The van der Waals surface area contributed by atoms with Gasteiger partial charge in [0.05, 0.1) is 5.92 Å². The maximum atomic E-state index is 10.5. The highest BCUT2D eigenvalue weighted by atomic mass is 79.9. The van der Waals surface area contributed by atoms with Crippen LogP contribution in [0.4, 0.5) is 0 Å². The number of aliphatic carboxylic acids is 1. The van der Waals surface area contributed by atoms with Gasteiger partial charge in [0.1, 0.15) is 0 Å². The van der Waals surface area contributed by atoms with Gasteiger partial charge >= 0.3 is 5.97 Å². The molecule has 1 rings (SSSR count). The number of carbonyl (C=O) groups is 1. The summed E-state index contributed by atoms with van der Waals surface area (Å²) in [7, 11) is 0. The van der Waals surface area contributed by atoms with Gasteiger partial charge < -0.3 is 5.11 Å². The number of halogens is 1. The van der Waals surface area contributed by atoms with Crippen molar-refractivity contribution in [2.75, 3.05) is 0 Å². The molecule has 11 heavy (non-hydrogen) atoms. The zero-order chi connectivity index (χ0) is 7.56. The summed E-state index contributed by atoms with van der Waals surface area (Å²) in [4.78, 5) is 10.7. The first-order chi connectivity index (χ1) is 4.72. The number of carboxylic acids is 1. The van der Waals surface area contributed by atoms with Crippen molar-refractivity contribution in [1.82, 2.24) is 0 Å². The van der Waals surface area contributed by atoms with Crippen LogP contribution in [-0.4, -0.2) is 33.3 Å². The third-order valence-corrected chi connectivity index (χ3v) is 3.09. The van der Waals surface area contributed by atoms with Crippen LogP contribution >= 0.6 is 15.9 Å². The summed E-state index contributed by atoms with van der Waals surface area (Å²) in [6.07, 6.45) is 4.08. The Morgan fingerprint density at radius 1 is 1.36 bits per heavy atom. The van der Waals surface area contributed by atoms with Crippen molar-refractivity contribution in [3.8, 4) is 0 Å². The van der Waals surface area contributed by atoms with E-state index in [1.807, 2.05) is 0 Å². The Morgan fingerprint density at radius 3 is 2.27 bits per heavy atom. The molecule has 0 amide bonds. The molecule has 0 aliphatic heterocycles. The Labute approximate surface area is 85.6 Å². The van der Waals surface area contributed by atoms with Crippen LogP contribution in [-0.2, 0) is 4.79 Å². The van der Waals surface area contributed by atoms with Gasteiger partial charge in [-0.2, -0.15) is 0 Å². The number of carboxylic acid groups (broad SMARTS) is 1. The van der Waals surface area contributed by atoms with Crippen molar-refractivity contribution in [1.29, 1.82) is 0 Å². The normalized spacial score (nSPS) is 30.6. The summed E-state index contributed by atoms with van der Waals surface area (Å²) in [6, 6.07) is 0. The lowest BCUT2D eigenvalue weighted by atomic mass is 9.89. The zero-order valence-electron chi connectivity index (χ0n) is 5.72. The van der Waals surface area contributed by atoms with Crippen LogP contribution < -0.4 is 0 Å². The van der Waals surface area contributed by atoms with Crippen molar-refractivity contribution in [3.05, 3.63) is 0 Å². The third kappa shape index (κ3) is 3.15. The van der Waals surface area contributed by atoms with Crippen LogP contribution in [0.25, 0.3) is 0 Å². The van der Waals surface area contributed by atoms with Gasteiger partial charge in [-0.25, -0.2) is 0 Å². The Kier molecular flexibility index (Phi) is 5.41. The van der Waals surface area contributed by atoms with E-state index in [-0.39, 0.29) is 28.1 Å². The molecular formula is C7H14AlBrO2. The largest absolute Gasteiger partial charge is 0.481 e. The standard InChI is InChI=1S/C7H11BrO2.Al.3H/c8-6-4-2-1-3-5(6)7(9)10;;;;/h5-6H,1-4H2,(H,9,10);;;;. The van der Waals surface area contributed by atoms with E-state index in [9.17, 15) is 4.79 Å². The molecule has 0 spiro atoms. The second kappa shape index (κ2) is 5.19. The van der Waals surface area contributed by atoms with Gasteiger partial charge in [-0.3, -0.25) is 4.79 Å². The highest BCUT2D eigenvalue weighted by molar-refractivity contribution is 9.09. The number of hydrogen-bond acceptors (Lipinski definition) is 1. The summed E-state index contributed by atoms with van der Waals surface area (Å²) in [5.41, 5.74) is 0. The molecule has 0 heterocycles. The van der Waals surface area contributed by atoms with E-state index < -0.39 is 5.97 Å². The molecule has 0 bridgehead atoms. The maximum Gasteiger partial charge on any atom is 0.307 e. The Bertz CT molecular complexity index is 140. The molecule has 2 atom stereocenters. The molecule has 64 valence electrons. The molecule has 0 aromatic carbocycles. The van der Waals surface area contributed by atoms with Crippen molar-refractivity contribution >= 4 is 39.3 Å². The Balaban J connectivity index is 0.000001000. The monoisotopic (exact) mass is 236 g/mol. The number of alkyl halides is 1. The quantitative estimate of drug-likeness (QED) is 0.542. The lowest BCUT2D eigenvalue weighted by Crippen LogP contribution is -2.26. The van der Waals surface area contributed by atoms with E-state index in [1.165, 1.54) is 6.42 Å². The second-order valence-electron chi connectivity index (χ2n) is 2.75. The van der Waals surface area contributed by atoms with E-state index in [0.29, 0.717) is 0 Å². The second-order valence-corrected chi connectivity index (χ2v) is 3.92. The van der Waals surface area contributed by atoms with Crippen LogP contribution in [0.5, 0.6) is 0 Å². The van der Waals surface area contributed by atoms with Crippen LogP contribution in [0.3, 0.4) is 0 Å². The summed E-state index contributed by atoms with van der Waals surface area (Å²) in [5, 5.41) is 8.68. The van der Waals surface area contributed by atoms with E-state index in [2.05, 4.69) is 15.9 Å². The predicted octanol–water partition coefficient (Wildman–Crippen LogP) is 0.841. The first kappa shape index (κ1) is 11.5. The van der Waals surface area contributed by atoms with Crippen LogP contribution in [0.1, 0.15) is 25.7 Å². The molecular weight excluding hydrogens is 223 g/mol. The van der Waals surface area contributed by atoms with E-state index in [0.717, 1.165) is 19.3 Å². The fourth-order valence-electron chi connectivity index (χ4n) is 1.36. The summed E-state index contributed by atoms with van der Waals surface area (Å²) >= 11 is 3.37. The van der Waals surface area contributed by atoms with E-state index in [1.54, 1.807) is 0 Å². The fraction of sp³-hybridized carbons (Fsp3) is 0.857. The highest BCUT2D eigenvalue weighted by Gasteiger charge is 2.28. The predicted molar refractivity (Wildman–Crippen MR) is 52.2 cm³/mol. The molecule has 1 aliphatic carbocycles. The molecule has 1 saturated carbocycles. The highest BCUT2D eigenvalue weighted by Crippen LogP contribution is 2.29. The Morgan fingerprint density at radius 2 is 1.91 bits per heavy atom. The lowest BCUT2D eigenvalue weighted by molar-refractivity contribution is -0.142. The molecule has 0 aromatic rings. The molecule has 2 nitrogen and oxygen atoms in total. The van der Waals surface area contributed by atoms with Gasteiger partial charge in [0, 0.05) is 4.83 Å². The van der Waals surface area contributed by atoms with Crippen molar-refractivity contribution in [3.63, 3.8) is 0 Å². The Hall–Kier alpha value is 0.482. The number of hydrogen-bond donors (Lipinski definition) is 1. The van der Waals surface area contributed by atoms with Gasteiger partial charge in [0.25, 0.3) is 0 Å². The fourth-order valence-corrected chi connectivity index (χ4v) is 2.18. The lowest BCUT2D eigenvalue weighted by Gasteiger charge is -2.23. The smallest absolute Gasteiger partial charge is 0.307 e. The molecule has 1 fully saturated rings. The van der Waals surface area contributed by atoms with Crippen LogP contribution in [0.2, 0.25) is 0 Å². The first-order valence-electron chi connectivity index (χ1n) is 3.58. The third-order valence-electron chi connectivity index (χ3n) is 2.00. The zero-order valence-corrected chi connectivity index (χ0v) is 7.30. The average Bonchev–Trinajstić information content (AvgIpc) is 1.88. The van der Waals surface area contributed by atoms with Crippen molar-refractivity contribution in [2.45, 2.75) is 30.5 Å². The topological polar surface area (TPSA) is 37.3 Å². The molecule has 1 aliphatic rings. The summed E-state index contributed by atoms with van der Waals surface area (Å²) in [5.74, 6) is -0.796. The van der Waals surface area contributed by atoms with Crippen molar-refractivity contribution in [2.24, 2.45) is 5.92 Å². The molecule has 2 unspecified atom stereocenters. The minimum absolute atomic E-state index is 0. The molecule has 0 aromatic heterocycles. The summed E-state index contributed by atoms with van der Waals surface area (Å²) < 4.78 is 0.